The fraction of sp³-hybridized carbons (Fsp3) is 0.538. The van der Waals surface area contributed by atoms with Gasteiger partial charge >= 0.3 is 0 Å². The first-order chi connectivity index (χ1) is 6.24. The third kappa shape index (κ3) is 3.22. The minimum Gasteiger partial charge on any atom is -0.0847 e. The lowest BCUT2D eigenvalue weighted by atomic mass is 9.92. The number of allylic oxidation sites excluding steroid dienone is 6. The summed E-state index contributed by atoms with van der Waals surface area (Å²) in [5, 5.41) is 0. The third-order valence-corrected chi connectivity index (χ3v) is 2.80. The predicted octanol–water partition coefficient (Wildman–Crippen LogP) is 4.40. The highest BCUT2D eigenvalue weighted by Gasteiger charge is 2.05. The van der Waals surface area contributed by atoms with E-state index in [1.54, 1.807) is 11.1 Å². The summed E-state index contributed by atoms with van der Waals surface area (Å²) in [4.78, 5) is 0. The first-order valence-corrected chi connectivity index (χ1v) is 5.23. The summed E-state index contributed by atoms with van der Waals surface area (Å²) < 4.78 is 0. The third-order valence-electron chi connectivity index (χ3n) is 2.80. The van der Waals surface area contributed by atoms with Crippen molar-refractivity contribution < 1.29 is 0 Å². The molecular weight excluding hydrogens is 156 g/mol. The minimum absolute atomic E-state index is 1.28. The summed E-state index contributed by atoms with van der Waals surface area (Å²) in [6, 6.07) is 0. The smallest absolute Gasteiger partial charge is 0.0279 e. The highest BCUT2D eigenvalue weighted by Crippen LogP contribution is 2.25. The van der Waals surface area contributed by atoms with E-state index >= 15 is 0 Å². The van der Waals surface area contributed by atoms with E-state index in [9.17, 15) is 0 Å². The molecule has 0 aromatic rings. The molecule has 0 atom stereocenters. The molecule has 0 aromatic carbocycles. The van der Waals surface area contributed by atoms with Gasteiger partial charge in [0.05, 0.1) is 0 Å². The van der Waals surface area contributed by atoms with Crippen LogP contribution in [-0.4, -0.2) is 0 Å². The average Bonchev–Trinajstić information content (AvgIpc) is 2.16. The van der Waals surface area contributed by atoms with Gasteiger partial charge < -0.3 is 0 Å². The Kier molecular flexibility index (Phi) is 4.01. The lowest BCUT2D eigenvalue weighted by molar-refractivity contribution is 0.683. The average molecular weight is 176 g/mol. The molecule has 13 heavy (non-hydrogen) atoms. The van der Waals surface area contributed by atoms with Crippen LogP contribution in [-0.2, 0) is 0 Å². The Morgan fingerprint density at radius 3 is 2.54 bits per heavy atom. The molecule has 0 bridgehead atoms. The highest BCUT2D eigenvalue weighted by molar-refractivity contribution is 5.31. The monoisotopic (exact) mass is 176 g/mol. The summed E-state index contributed by atoms with van der Waals surface area (Å²) in [6.45, 7) is 6.50. The Hall–Kier alpha value is -0.780. The van der Waals surface area contributed by atoms with E-state index in [1.165, 1.54) is 31.3 Å². The van der Waals surface area contributed by atoms with Gasteiger partial charge in [-0.2, -0.15) is 0 Å². The van der Waals surface area contributed by atoms with Crippen molar-refractivity contribution in [1.29, 1.82) is 0 Å². The maximum absolute atomic E-state index is 2.30. The van der Waals surface area contributed by atoms with Crippen LogP contribution in [0.15, 0.2) is 34.9 Å². The van der Waals surface area contributed by atoms with Crippen molar-refractivity contribution in [2.24, 2.45) is 0 Å². The van der Waals surface area contributed by atoms with Gasteiger partial charge in [0, 0.05) is 0 Å². The Morgan fingerprint density at radius 1 is 1.23 bits per heavy atom. The van der Waals surface area contributed by atoms with Crippen LogP contribution in [0.1, 0.15) is 46.5 Å². The summed E-state index contributed by atoms with van der Waals surface area (Å²) in [6.07, 6.45) is 12.0. The van der Waals surface area contributed by atoms with E-state index in [-0.39, 0.29) is 0 Å². The molecule has 0 heterocycles. The van der Waals surface area contributed by atoms with Gasteiger partial charge in [-0.15, -0.1) is 0 Å². The van der Waals surface area contributed by atoms with Crippen LogP contribution < -0.4 is 0 Å². The van der Waals surface area contributed by atoms with Crippen LogP contribution in [0.3, 0.4) is 0 Å². The lowest BCUT2D eigenvalue weighted by Crippen LogP contribution is -1.94. The molecule has 72 valence electrons. The highest BCUT2D eigenvalue weighted by atomic mass is 14.1. The van der Waals surface area contributed by atoms with Gasteiger partial charge in [0.1, 0.15) is 0 Å². The van der Waals surface area contributed by atoms with Crippen LogP contribution in [0, 0.1) is 0 Å². The van der Waals surface area contributed by atoms with Crippen molar-refractivity contribution in [2.45, 2.75) is 46.5 Å². The molecular formula is C13H20. The van der Waals surface area contributed by atoms with Crippen molar-refractivity contribution in [3.8, 4) is 0 Å². The molecule has 1 aliphatic carbocycles. The maximum atomic E-state index is 2.30. The van der Waals surface area contributed by atoms with E-state index in [0.29, 0.717) is 0 Å². The molecule has 0 N–H and O–H groups in total. The summed E-state index contributed by atoms with van der Waals surface area (Å²) >= 11 is 0. The zero-order chi connectivity index (χ0) is 9.68. The molecule has 0 aliphatic heterocycles. The first-order valence-electron chi connectivity index (χ1n) is 5.23. The molecule has 1 aliphatic rings. The Bertz CT molecular complexity index is 251. The number of hydrogen-bond acceptors (Lipinski definition) is 0. The van der Waals surface area contributed by atoms with Crippen LogP contribution in [0.2, 0.25) is 0 Å². The number of rotatable bonds is 2. The van der Waals surface area contributed by atoms with Gasteiger partial charge in [-0.3, -0.25) is 0 Å². The van der Waals surface area contributed by atoms with Crippen LogP contribution in [0.5, 0.6) is 0 Å². The van der Waals surface area contributed by atoms with Crippen LogP contribution in [0.4, 0.5) is 0 Å². The molecule has 0 fully saturated rings. The van der Waals surface area contributed by atoms with Gasteiger partial charge in [0.25, 0.3) is 0 Å². The van der Waals surface area contributed by atoms with E-state index in [1.807, 2.05) is 0 Å². The van der Waals surface area contributed by atoms with Gasteiger partial charge in [-0.25, -0.2) is 0 Å². The van der Waals surface area contributed by atoms with Crippen LogP contribution >= 0.6 is 0 Å². The van der Waals surface area contributed by atoms with E-state index < -0.39 is 0 Å². The first kappa shape index (κ1) is 10.3. The van der Waals surface area contributed by atoms with Crippen molar-refractivity contribution in [2.75, 3.05) is 0 Å². The van der Waals surface area contributed by atoms with Gasteiger partial charge in [-0.1, -0.05) is 29.4 Å². The zero-order valence-electron chi connectivity index (χ0n) is 9.06. The van der Waals surface area contributed by atoms with Gasteiger partial charge in [0.2, 0.25) is 0 Å². The molecule has 0 heteroatoms. The molecule has 0 amide bonds. The summed E-state index contributed by atoms with van der Waals surface area (Å²) in [7, 11) is 0. The second-order valence-electron chi connectivity index (χ2n) is 3.88. The molecule has 0 nitrogen and oxygen atoms in total. The largest absolute Gasteiger partial charge is 0.0847 e. The topological polar surface area (TPSA) is 0 Å². The van der Waals surface area contributed by atoms with Gasteiger partial charge in [0.15, 0.2) is 0 Å². The van der Waals surface area contributed by atoms with E-state index in [0.717, 1.165) is 0 Å². The predicted molar refractivity (Wildman–Crippen MR) is 59.7 cm³/mol. The quantitative estimate of drug-likeness (QED) is 0.547. The van der Waals surface area contributed by atoms with Crippen molar-refractivity contribution >= 4 is 0 Å². The van der Waals surface area contributed by atoms with Crippen molar-refractivity contribution in [1.82, 2.24) is 0 Å². The van der Waals surface area contributed by atoms with Crippen molar-refractivity contribution in [3.63, 3.8) is 0 Å². The fourth-order valence-corrected chi connectivity index (χ4v) is 1.63. The molecule has 0 spiro atoms. The second kappa shape index (κ2) is 5.06. The van der Waals surface area contributed by atoms with E-state index in [4.69, 9.17) is 0 Å². The molecule has 0 aromatic heterocycles. The zero-order valence-corrected chi connectivity index (χ0v) is 9.06. The minimum atomic E-state index is 1.28. The van der Waals surface area contributed by atoms with Crippen LogP contribution in [0.25, 0.3) is 0 Å². The molecule has 0 radical (unpaired) electrons. The normalized spacial score (nSPS) is 20.1. The second-order valence-corrected chi connectivity index (χ2v) is 3.88. The summed E-state index contributed by atoms with van der Waals surface area (Å²) in [5.74, 6) is 0. The lowest BCUT2D eigenvalue weighted by Gasteiger charge is -2.14. The Balaban J connectivity index is 2.66. The molecule has 0 unspecified atom stereocenters. The number of hydrogen-bond donors (Lipinski definition) is 0. The molecule has 0 saturated carbocycles. The maximum Gasteiger partial charge on any atom is -0.0279 e. The van der Waals surface area contributed by atoms with Gasteiger partial charge in [-0.05, 0) is 52.0 Å². The summed E-state index contributed by atoms with van der Waals surface area (Å²) in [5.41, 5.74) is 4.50. The van der Waals surface area contributed by atoms with E-state index in [2.05, 4.69) is 39.0 Å². The molecule has 1 rings (SSSR count). The fourth-order valence-electron chi connectivity index (χ4n) is 1.63. The molecule has 0 saturated heterocycles. The van der Waals surface area contributed by atoms with Crippen molar-refractivity contribution in [3.05, 3.63) is 34.9 Å². The Labute approximate surface area is 82.0 Å². The Morgan fingerprint density at radius 2 is 1.92 bits per heavy atom. The SMILES string of the molecule is C/C=C(C)/C=C/C1=C(C)CCCC1. The standard InChI is InChI=1S/C13H20/c1-4-11(2)9-10-13-8-6-5-7-12(13)3/h4,9-10H,5-8H2,1-3H3/b10-9+,11-4+.